The fraction of sp³-hybridized carbons (Fsp3) is 0.188. The van der Waals surface area contributed by atoms with Crippen LogP contribution >= 0.6 is 11.6 Å². The summed E-state index contributed by atoms with van der Waals surface area (Å²) in [6.45, 7) is 0.484. The summed E-state index contributed by atoms with van der Waals surface area (Å²) in [4.78, 5) is 0. The largest absolute Gasteiger partial charge is 0.493 e. The molecule has 0 spiro atoms. The average Bonchev–Trinajstić information content (AvgIpc) is 2.53. The third-order valence-electron chi connectivity index (χ3n) is 3.08. The smallest absolute Gasteiger partial charge is 0.179 e. The maximum atomic E-state index is 9.07. The monoisotopic (exact) mass is 302 g/mol. The van der Waals surface area contributed by atoms with Crippen molar-refractivity contribution in [1.82, 2.24) is 0 Å². The molecule has 0 heterocycles. The van der Waals surface area contributed by atoms with Gasteiger partial charge in [0.15, 0.2) is 11.5 Å². The molecule has 0 atom stereocenters. The van der Waals surface area contributed by atoms with E-state index in [-0.39, 0.29) is 0 Å². The van der Waals surface area contributed by atoms with Crippen LogP contribution in [0.15, 0.2) is 36.4 Å². The lowest BCUT2D eigenvalue weighted by molar-refractivity contribution is 0.355. The first kappa shape index (κ1) is 15.0. The molecule has 0 saturated heterocycles. The highest BCUT2D eigenvalue weighted by molar-refractivity contribution is 6.33. The number of hydrogen-bond acceptors (Lipinski definition) is 4. The molecule has 0 saturated carbocycles. The van der Waals surface area contributed by atoms with E-state index in [2.05, 4.69) is 11.4 Å². The number of methoxy groups -OCH3 is 2. The van der Waals surface area contributed by atoms with E-state index >= 15 is 0 Å². The Bertz CT molecular complexity index is 680. The summed E-state index contributed by atoms with van der Waals surface area (Å²) in [5.41, 5.74) is 2.22. The van der Waals surface area contributed by atoms with Gasteiger partial charge in [-0.3, -0.25) is 0 Å². The number of benzene rings is 2. The van der Waals surface area contributed by atoms with E-state index in [1.807, 2.05) is 24.3 Å². The number of halogens is 1. The molecule has 0 aliphatic carbocycles. The lowest BCUT2D eigenvalue weighted by atomic mass is 10.1. The van der Waals surface area contributed by atoms with Gasteiger partial charge in [0.1, 0.15) is 6.07 Å². The van der Waals surface area contributed by atoms with Crippen LogP contribution in [0.3, 0.4) is 0 Å². The zero-order valence-electron chi connectivity index (χ0n) is 11.8. The topological polar surface area (TPSA) is 54.3 Å². The molecule has 5 heteroatoms. The first-order chi connectivity index (χ1) is 10.2. The Hall–Kier alpha value is -2.38. The summed E-state index contributed by atoms with van der Waals surface area (Å²) in [7, 11) is 3.11. The summed E-state index contributed by atoms with van der Waals surface area (Å²) >= 11 is 6.32. The van der Waals surface area contributed by atoms with Crippen LogP contribution in [0.25, 0.3) is 0 Å². The fourth-order valence-electron chi connectivity index (χ4n) is 1.99. The zero-order chi connectivity index (χ0) is 15.2. The van der Waals surface area contributed by atoms with Crippen LogP contribution in [0.4, 0.5) is 5.69 Å². The Kier molecular flexibility index (Phi) is 4.91. The molecular formula is C16H15ClN2O2. The zero-order valence-corrected chi connectivity index (χ0v) is 12.6. The standard InChI is InChI=1S/C16H15ClN2O2/c1-20-14-8-7-12(15(17)16(14)21-2)10-19-13-6-4-3-5-11(13)9-18/h3-8,19H,10H2,1-2H3. The third kappa shape index (κ3) is 3.21. The van der Waals surface area contributed by atoms with Crippen molar-refractivity contribution in [2.24, 2.45) is 0 Å². The first-order valence-corrected chi connectivity index (χ1v) is 6.71. The van der Waals surface area contributed by atoms with Crippen molar-refractivity contribution >= 4 is 17.3 Å². The van der Waals surface area contributed by atoms with Crippen molar-refractivity contribution in [2.75, 3.05) is 19.5 Å². The Labute approximate surface area is 128 Å². The van der Waals surface area contributed by atoms with E-state index in [4.69, 9.17) is 26.3 Å². The van der Waals surface area contributed by atoms with Crippen LogP contribution in [0.1, 0.15) is 11.1 Å². The van der Waals surface area contributed by atoms with Crippen LogP contribution in [0, 0.1) is 11.3 Å². The highest BCUT2D eigenvalue weighted by atomic mass is 35.5. The van der Waals surface area contributed by atoms with Crippen molar-refractivity contribution in [3.05, 3.63) is 52.5 Å². The SMILES string of the molecule is COc1ccc(CNc2ccccc2C#N)c(Cl)c1OC. The number of nitrogens with one attached hydrogen (secondary N) is 1. The number of rotatable bonds is 5. The first-order valence-electron chi connectivity index (χ1n) is 6.33. The van der Waals surface area contributed by atoms with Gasteiger partial charge < -0.3 is 14.8 Å². The maximum Gasteiger partial charge on any atom is 0.179 e. The van der Waals surface area contributed by atoms with Crippen molar-refractivity contribution in [2.45, 2.75) is 6.54 Å². The van der Waals surface area contributed by atoms with E-state index in [1.165, 1.54) is 0 Å². The van der Waals surface area contributed by atoms with E-state index in [1.54, 1.807) is 26.4 Å². The summed E-state index contributed by atoms with van der Waals surface area (Å²) in [5, 5.41) is 12.8. The highest BCUT2D eigenvalue weighted by Crippen LogP contribution is 2.37. The van der Waals surface area contributed by atoms with Crippen LogP contribution in [0.2, 0.25) is 5.02 Å². The average molecular weight is 303 g/mol. The Morgan fingerprint density at radius 1 is 1.14 bits per heavy atom. The molecule has 0 radical (unpaired) electrons. The van der Waals surface area contributed by atoms with Gasteiger partial charge in [0, 0.05) is 6.54 Å². The molecule has 21 heavy (non-hydrogen) atoms. The maximum absolute atomic E-state index is 9.07. The molecule has 2 aromatic rings. The molecule has 1 N–H and O–H groups in total. The van der Waals surface area contributed by atoms with Crippen LogP contribution in [0.5, 0.6) is 11.5 Å². The molecule has 4 nitrogen and oxygen atoms in total. The quantitative estimate of drug-likeness (QED) is 0.911. The normalized spacial score (nSPS) is 9.81. The van der Waals surface area contributed by atoms with Gasteiger partial charge in [-0.05, 0) is 23.8 Å². The number of nitrogens with zero attached hydrogens (tertiary/aromatic N) is 1. The van der Waals surface area contributed by atoms with Gasteiger partial charge in [-0.1, -0.05) is 29.8 Å². The molecule has 108 valence electrons. The molecule has 2 rings (SSSR count). The minimum Gasteiger partial charge on any atom is -0.493 e. The molecule has 0 aromatic heterocycles. The molecule has 0 aliphatic heterocycles. The second kappa shape index (κ2) is 6.87. The molecule has 0 bridgehead atoms. The Morgan fingerprint density at radius 2 is 1.90 bits per heavy atom. The van der Waals surface area contributed by atoms with Gasteiger partial charge in [-0.2, -0.15) is 5.26 Å². The second-order valence-electron chi connectivity index (χ2n) is 4.29. The second-order valence-corrected chi connectivity index (χ2v) is 4.66. The molecule has 0 fully saturated rings. The van der Waals surface area contributed by atoms with Gasteiger partial charge in [-0.15, -0.1) is 0 Å². The van der Waals surface area contributed by atoms with Crippen molar-refractivity contribution in [3.63, 3.8) is 0 Å². The lowest BCUT2D eigenvalue weighted by Crippen LogP contribution is -2.03. The number of hydrogen-bond donors (Lipinski definition) is 1. The van der Waals surface area contributed by atoms with Crippen molar-refractivity contribution in [3.8, 4) is 17.6 Å². The van der Waals surface area contributed by atoms with Gasteiger partial charge in [0.05, 0.1) is 30.5 Å². The minimum absolute atomic E-state index is 0.484. The molecular weight excluding hydrogens is 288 g/mol. The van der Waals surface area contributed by atoms with Crippen LogP contribution < -0.4 is 14.8 Å². The molecule has 0 amide bonds. The number of anilines is 1. The van der Waals surface area contributed by atoms with E-state index < -0.39 is 0 Å². The molecule has 0 aliphatic rings. The van der Waals surface area contributed by atoms with Gasteiger partial charge in [0.2, 0.25) is 0 Å². The fourth-order valence-corrected chi connectivity index (χ4v) is 2.29. The lowest BCUT2D eigenvalue weighted by Gasteiger charge is -2.14. The summed E-state index contributed by atoms with van der Waals surface area (Å²) < 4.78 is 10.5. The minimum atomic E-state index is 0.484. The number of nitriles is 1. The summed E-state index contributed by atoms with van der Waals surface area (Å²) in [6.07, 6.45) is 0. The Morgan fingerprint density at radius 3 is 2.57 bits per heavy atom. The summed E-state index contributed by atoms with van der Waals surface area (Å²) in [6, 6.07) is 13.1. The molecule has 2 aromatic carbocycles. The highest BCUT2D eigenvalue weighted by Gasteiger charge is 2.13. The Balaban J connectivity index is 2.23. The predicted octanol–water partition coefficient (Wildman–Crippen LogP) is 3.84. The third-order valence-corrected chi connectivity index (χ3v) is 3.50. The van der Waals surface area contributed by atoms with Gasteiger partial charge >= 0.3 is 0 Å². The number of para-hydroxylation sites is 1. The van der Waals surface area contributed by atoms with Crippen LogP contribution in [-0.4, -0.2) is 14.2 Å². The number of ether oxygens (including phenoxy) is 2. The van der Waals surface area contributed by atoms with Gasteiger partial charge in [-0.25, -0.2) is 0 Å². The molecule has 0 unspecified atom stereocenters. The predicted molar refractivity (Wildman–Crippen MR) is 83.0 cm³/mol. The van der Waals surface area contributed by atoms with E-state index in [9.17, 15) is 0 Å². The van der Waals surface area contributed by atoms with Crippen molar-refractivity contribution in [1.29, 1.82) is 5.26 Å². The van der Waals surface area contributed by atoms with E-state index in [0.29, 0.717) is 28.6 Å². The van der Waals surface area contributed by atoms with Gasteiger partial charge in [0.25, 0.3) is 0 Å². The summed E-state index contributed by atoms with van der Waals surface area (Å²) in [5.74, 6) is 1.09. The van der Waals surface area contributed by atoms with Crippen LogP contribution in [-0.2, 0) is 6.54 Å². The van der Waals surface area contributed by atoms with Crippen molar-refractivity contribution < 1.29 is 9.47 Å². The van der Waals surface area contributed by atoms with E-state index in [0.717, 1.165) is 11.3 Å².